The van der Waals surface area contributed by atoms with Crippen LogP contribution in [0.3, 0.4) is 0 Å². The number of rotatable bonds is 3. The Kier molecular flexibility index (Phi) is 2.99. The number of hydrogen-bond donors (Lipinski definition) is 3. The second-order valence-electron chi connectivity index (χ2n) is 6.84. The highest BCUT2D eigenvalue weighted by Gasteiger charge is 2.62. The summed E-state index contributed by atoms with van der Waals surface area (Å²) in [6.07, 6.45) is 4.13. The van der Waals surface area contributed by atoms with Crippen molar-refractivity contribution in [2.75, 3.05) is 0 Å². The van der Waals surface area contributed by atoms with Gasteiger partial charge in [0.05, 0.1) is 17.3 Å². The molecule has 25 heavy (non-hydrogen) atoms. The van der Waals surface area contributed by atoms with E-state index in [2.05, 4.69) is 30.5 Å². The molecule has 2 saturated carbocycles. The number of halogens is 1. The van der Waals surface area contributed by atoms with E-state index in [-0.39, 0.29) is 29.5 Å². The molecule has 8 nitrogen and oxygen atoms in total. The Morgan fingerprint density at radius 3 is 2.88 bits per heavy atom. The molecule has 0 aliphatic heterocycles. The Bertz CT molecular complexity index is 957. The summed E-state index contributed by atoms with van der Waals surface area (Å²) in [5, 5.41) is 29.5. The molecule has 5 rings (SSSR count). The van der Waals surface area contributed by atoms with Crippen molar-refractivity contribution in [3.05, 3.63) is 40.8 Å². The molecule has 0 radical (unpaired) electrons. The van der Waals surface area contributed by atoms with E-state index in [0.29, 0.717) is 17.9 Å². The SMILES string of the molecule is O=C(N[C@H]1[C@@H]2C[C@](O)(c3cc(Cl)cc4[nH]ncc34)C[C@@H]21)c1cnon1. The van der Waals surface area contributed by atoms with E-state index in [1.165, 1.54) is 6.20 Å². The van der Waals surface area contributed by atoms with E-state index in [1.54, 1.807) is 18.3 Å². The van der Waals surface area contributed by atoms with Crippen LogP contribution in [-0.2, 0) is 5.60 Å². The highest BCUT2D eigenvalue weighted by molar-refractivity contribution is 6.31. The number of nitrogens with zero attached hydrogens (tertiary/aromatic N) is 3. The standard InChI is InChI=1S/C16H14ClN5O3/c17-7-1-11(10-5-18-21-12(10)2-7)16(24)3-8-9(4-16)14(8)20-15(23)13-6-19-25-22-13/h1-2,5-6,8-9,14,24H,3-4H2,(H,18,21)(H,20,23)/t8-,9+,14+,16-. The average molecular weight is 360 g/mol. The molecule has 0 bridgehead atoms. The summed E-state index contributed by atoms with van der Waals surface area (Å²) in [5.41, 5.74) is 0.802. The molecule has 1 aromatic carbocycles. The minimum atomic E-state index is -0.959. The zero-order chi connectivity index (χ0) is 17.2. The van der Waals surface area contributed by atoms with Crippen LogP contribution in [0.5, 0.6) is 0 Å². The Labute approximate surface area is 146 Å². The monoisotopic (exact) mass is 359 g/mol. The minimum Gasteiger partial charge on any atom is -0.385 e. The number of H-pyrrole nitrogens is 1. The van der Waals surface area contributed by atoms with E-state index >= 15 is 0 Å². The molecule has 2 fully saturated rings. The van der Waals surface area contributed by atoms with Crippen molar-refractivity contribution in [1.29, 1.82) is 0 Å². The van der Waals surface area contributed by atoms with Gasteiger partial charge in [0.25, 0.3) is 5.91 Å². The number of aromatic nitrogens is 4. The van der Waals surface area contributed by atoms with E-state index in [4.69, 9.17) is 11.6 Å². The molecule has 2 aliphatic rings. The van der Waals surface area contributed by atoms with E-state index < -0.39 is 5.60 Å². The molecular formula is C16H14ClN5O3. The molecule has 9 heteroatoms. The number of nitrogens with one attached hydrogen (secondary N) is 2. The zero-order valence-electron chi connectivity index (χ0n) is 12.9. The number of fused-ring (bicyclic) bond motifs is 2. The van der Waals surface area contributed by atoms with Crippen LogP contribution in [0.15, 0.2) is 29.2 Å². The highest BCUT2D eigenvalue weighted by atomic mass is 35.5. The van der Waals surface area contributed by atoms with Crippen molar-refractivity contribution in [2.24, 2.45) is 11.8 Å². The summed E-state index contributed by atoms with van der Waals surface area (Å²) in [6, 6.07) is 3.64. The third-order valence-corrected chi connectivity index (χ3v) is 5.61. The second kappa shape index (κ2) is 5.03. The van der Waals surface area contributed by atoms with Crippen molar-refractivity contribution in [3.8, 4) is 0 Å². The molecule has 0 saturated heterocycles. The van der Waals surface area contributed by atoms with Gasteiger partial charge >= 0.3 is 0 Å². The van der Waals surface area contributed by atoms with Gasteiger partial charge in [0.15, 0.2) is 5.69 Å². The van der Waals surface area contributed by atoms with Crippen LogP contribution >= 0.6 is 11.6 Å². The quantitative estimate of drug-likeness (QED) is 0.654. The molecule has 3 N–H and O–H groups in total. The van der Waals surface area contributed by atoms with Gasteiger partial charge in [-0.3, -0.25) is 9.89 Å². The number of benzene rings is 1. The fourth-order valence-corrected chi connectivity index (χ4v) is 4.41. The maximum Gasteiger partial charge on any atom is 0.275 e. The lowest BCUT2D eigenvalue weighted by Gasteiger charge is -2.27. The largest absolute Gasteiger partial charge is 0.385 e. The summed E-state index contributed by atoms with van der Waals surface area (Å²) in [5.74, 6) is 0.161. The second-order valence-corrected chi connectivity index (χ2v) is 7.28. The Morgan fingerprint density at radius 1 is 1.36 bits per heavy atom. The van der Waals surface area contributed by atoms with Gasteiger partial charge in [-0.25, -0.2) is 4.63 Å². The normalized spacial score (nSPS) is 30.4. The Balaban J connectivity index is 1.35. The summed E-state index contributed by atoms with van der Waals surface area (Å²) >= 11 is 6.19. The Morgan fingerprint density at radius 2 is 2.16 bits per heavy atom. The maximum atomic E-state index is 12.0. The molecule has 3 aromatic rings. The molecule has 2 aliphatic carbocycles. The van der Waals surface area contributed by atoms with E-state index in [1.807, 2.05) is 0 Å². The first-order chi connectivity index (χ1) is 12.0. The fraction of sp³-hybridized carbons (Fsp3) is 0.375. The van der Waals surface area contributed by atoms with Gasteiger partial charge in [0.1, 0.15) is 6.20 Å². The molecule has 0 spiro atoms. The lowest BCUT2D eigenvalue weighted by molar-refractivity contribution is 0.0292. The zero-order valence-corrected chi connectivity index (χ0v) is 13.7. The third kappa shape index (κ3) is 2.25. The van der Waals surface area contributed by atoms with Crippen molar-refractivity contribution >= 4 is 28.4 Å². The number of aliphatic hydroxyl groups is 1. The maximum absolute atomic E-state index is 12.0. The van der Waals surface area contributed by atoms with Crippen LogP contribution in [-0.4, -0.2) is 37.6 Å². The van der Waals surface area contributed by atoms with Crippen LogP contribution in [0, 0.1) is 11.8 Å². The third-order valence-electron chi connectivity index (χ3n) is 5.39. The lowest BCUT2D eigenvalue weighted by Crippen LogP contribution is -2.33. The predicted molar refractivity (Wildman–Crippen MR) is 86.8 cm³/mol. The van der Waals surface area contributed by atoms with Gasteiger partial charge in [0, 0.05) is 16.5 Å². The highest BCUT2D eigenvalue weighted by Crippen LogP contribution is 2.60. The molecular weight excluding hydrogens is 346 g/mol. The molecule has 2 heterocycles. The molecule has 4 atom stereocenters. The first kappa shape index (κ1) is 14.9. The number of carbonyl (C=O) groups excluding carboxylic acids is 1. The van der Waals surface area contributed by atoms with Gasteiger partial charge in [-0.1, -0.05) is 16.8 Å². The van der Waals surface area contributed by atoms with Crippen LogP contribution in [0.1, 0.15) is 28.9 Å². The number of carbonyl (C=O) groups is 1. The van der Waals surface area contributed by atoms with Gasteiger partial charge in [0.2, 0.25) is 0 Å². The van der Waals surface area contributed by atoms with Crippen molar-refractivity contribution in [1.82, 2.24) is 25.8 Å². The van der Waals surface area contributed by atoms with E-state index in [9.17, 15) is 9.90 Å². The molecule has 0 unspecified atom stereocenters. The first-order valence-corrected chi connectivity index (χ1v) is 8.37. The molecule has 1 amide bonds. The van der Waals surface area contributed by atoms with E-state index in [0.717, 1.165) is 16.5 Å². The first-order valence-electron chi connectivity index (χ1n) is 7.99. The van der Waals surface area contributed by atoms with Crippen molar-refractivity contribution in [3.63, 3.8) is 0 Å². The minimum absolute atomic E-state index is 0.0449. The van der Waals surface area contributed by atoms with Gasteiger partial charge in [-0.2, -0.15) is 5.10 Å². The van der Waals surface area contributed by atoms with Gasteiger partial charge < -0.3 is 10.4 Å². The van der Waals surface area contributed by atoms with Crippen LogP contribution in [0.2, 0.25) is 5.02 Å². The fourth-order valence-electron chi connectivity index (χ4n) is 4.19. The average Bonchev–Trinajstić information content (AvgIpc) is 3.12. The summed E-state index contributed by atoms with van der Waals surface area (Å²) in [6.45, 7) is 0. The number of amides is 1. The van der Waals surface area contributed by atoms with Crippen LogP contribution in [0.25, 0.3) is 10.9 Å². The summed E-state index contributed by atoms with van der Waals surface area (Å²) in [4.78, 5) is 12.0. The van der Waals surface area contributed by atoms with Crippen molar-refractivity contribution < 1.29 is 14.5 Å². The predicted octanol–water partition coefficient (Wildman–Crippen LogP) is 1.63. The number of aromatic amines is 1. The number of hydrogen-bond acceptors (Lipinski definition) is 6. The van der Waals surface area contributed by atoms with Gasteiger partial charge in [-0.05, 0) is 47.5 Å². The van der Waals surface area contributed by atoms with Crippen LogP contribution in [0.4, 0.5) is 0 Å². The summed E-state index contributed by atoms with van der Waals surface area (Å²) < 4.78 is 4.44. The Hall–Kier alpha value is -2.45. The van der Waals surface area contributed by atoms with Crippen LogP contribution < -0.4 is 5.32 Å². The van der Waals surface area contributed by atoms with Crippen molar-refractivity contribution in [2.45, 2.75) is 24.5 Å². The lowest BCUT2D eigenvalue weighted by atomic mass is 9.86. The smallest absolute Gasteiger partial charge is 0.275 e. The topological polar surface area (TPSA) is 117 Å². The molecule has 128 valence electrons. The molecule has 2 aromatic heterocycles. The summed E-state index contributed by atoms with van der Waals surface area (Å²) in [7, 11) is 0. The van der Waals surface area contributed by atoms with Gasteiger partial charge in [-0.15, -0.1) is 0 Å².